The van der Waals surface area contributed by atoms with Crippen molar-refractivity contribution < 1.29 is 19.8 Å². The lowest BCUT2D eigenvalue weighted by atomic mass is 9.99. The first-order chi connectivity index (χ1) is 8.02. The summed E-state index contributed by atoms with van der Waals surface area (Å²) in [5.41, 5.74) is 0.446. The van der Waals surface area contributed by atoms with Gasteiger partial charge < -0.3 is 10.2 Å². The van der Waals surface area contributed by atoms with Crippen LogP contribution in [0, 0.1) is 5.92 Å². The van der Waals surface area contributed by atoms with E-state index in [0.717, 1.165) is 5.56 Å². The Kier molecular flexibility index (Phi) is 4.22. The number of rotatable bonds is 5. The Morgan fingerprint density at radius 1 is 1.18 bits per heavy atom. The summed E-state index contributed by atoms with van der Waals surface area (Å²) in [4.78, 5) is 21.6. The van der Waals surface area contributed by atoms with Gasteiger partial charge in [-0.05, 0) is 5.56 Å². The van der Waals surface area contributed by atoms with Crippen LogP contribution in [0.4, 0.5) is 0 Å². The average molecular weight is 232 g/mol. The molecule has 0 radical (unpaired) electrons. The molecule has 1 rings (SSSR count). The topological polar surface area (TPSA) is 74.6 Å². The van der Waals surface area contributed by atoms with Gasteiger partial charge in [0.05, 0.1) is 0 Å². The Bertz CT molecular complexity index is 460. The van der Waals surface area contributed by atoms with Crippen molar-refractivity contribution in [2.45, 2.75) is 0 Å². The van der Waals surface area contributed by atoms with Gasteiger partial charge in [0.1, 0.15) is 5.92 Å². The Morgan fingerprint density at radius 2 is 1.76 bits per heavy atom. The van der Waals surface area contributed by atoms with Crippen molar-refractivity contribution in [1.29, 1.82) is 0 Å². The number of hydrogen-bond acceptors (Lipinski definition) is 2. The fourth-order valence-electron chi connectivity index (χ4n) is 1.25. The fourth-order valence-corrected chi connectivity index (χ4v) is 1.25. The maximum absolute atomic E-state index is 10.9. The van der Waals surface area contributed by atoms with Crippen molar-refractivity contribution >= 4 is 18.0 Å². The lowest BCUT2D eigenvalue weighted by Crippen LogP contribution is -2.18. The molecule has 1 atom stereocenters. The van der Waals surface area contributed by atoms with E-state index in [-0.39, 0.29) is 5.57 Å². The number of benzene rings is 1. The van der Waals surface area contributed by atoms with Crippen LogP contribution < -0.4 is 0 Å². The molecule has 0 bridgehead atoms. The van der Waals surface area contributed by atoms with Crippen LogP contribution in [-0.2, 0) is 9.59 Å². The first-order valence-electron chi connectivity index (χ1n) is 4.90. The molecule has 0 aromatic heterocycles. The molecule has 1 aromatic carbocycles. The zero-order valence-electron chi connectivity index (χ0n) is 9.04. The SMILES string of the molecule is C=C(C(=O)O)C(C=Cc1ccccc1)C(=O)O. The number of carboxylic acid groups (broad SMARTS) is 2. The molecule has 1 unspecified atom stereocenters. The summed E-state index contributed by atoms with van der Waals surface area (Å²) in [6, 6.07) is 9.03. The molecule has 4 nitrogen and oxygen atoms in total. The number of hydrogen-bond donors (Lipinski definition) is 2. The van der Waals surface area contributed by atoms with Crippen molar-refractivity contribution in [3.63, 3.8) is 0 Å². The minimum Gasteiger partial charge on any atom is -0.481 e. The highest BCUT2D eigenvalue weighted by Gasteiger charge is 2.22. The van der Waals surface area contributed by atoms with E-state index >= 15 is 0 Å². The van der Waals surface area contributed by atoms with E-state index in [9.17, 15) is 9.59 Å². The Hall–Kier alpha value is -2.36. The second-order valence-electron chi connectivity index (χ2n) is 3.42. The van der Waals surface area contributed by atoms with Crippen LogP contribution in [0.1, 0.15) is 5.56 Å². The predicted molar refractivity (Wildman–Crippen MR) is 63.4 cm³/mol. The third-order valence-electron chi connectivity index (χ3n) is 2.20. The molecule has 0 heterocycles. The molecule has 0 aliphatic carbocycles. The largest absolute Gasteiger partial charge is 0.481 e. The van der Waals surface area contributed by atoms with Crippen LogP contribution in [0.25, 0.3) is 6.08 Å². The van der Waals surface area contributed by atoms with Crippen LogP contribution in [-0.4, -0.2) is 22.2 Å². The second kappa shape index (κ2) is 5.65. The molecule has 0 aliphatic heterocycles. The molecular weight excluding hydrogens is 220 g/mol. The molecule has 0 spiro atoms. The van der Waals surface area contributed by atoms with Crippen LogP contribution >= 0.6 is 0 Å². The summed E-state index contributed by atoms with van der Waals surface area (Å²) in [5, 5.41) is 17.6. The first-order valence-corrected chi connectivity index (χ1v) is 4.90. The number of carbonyl (C=O) groups is 2. The van der Waals surface area contributed by atoms with Crippen molar-refractivity contribution in [3.05, 3.63) is 54.1 Å². The minimum atomic E-state index is -1.31. The third-order valence-corrected chi connectivity index (χ3v) is 2.20. The van der Waals surface area contributed by atoms with E-state index in [1.807, 2.05) is 18.2 Å². The second-order valence-corrected chi connectivity index (χ2v) is 3.42. The molecule has 88 valence electrons. The van der Waals surface area contributed by atoms with Gasteiger partial charge in [-0.25, -0.2) is 4.79 Å². The molecule has 0 saturated carbocycles. The maximum Gasteiger partial charge on any atom is 0.332 e. The van der Waals surface area contributed by atoms with E-state index in [1.54, 1.807) is 18.2 Å². The van der Waals surface area contributed by atoms with Crippen molar-refractivity contribution in [3.8, 4) is 0 Å². The first kappa shape index (κ1) is 12.7. The lowest BCUT2D eigenvalue weighted by molar-refractivity contribution is -0.142. The van der Waals surface area contributed by atoms with Crippen LogP contribution in [0.2, 0.25) is 0 Å². The van der Waals surface area contributed by atoms with E-state index < -0.39 is 17.9 Å². The van der Waals surface area contributed by atoms with E-state index in [4.69, 9.17) is 10.2 Å². The third kappa shape index (κ3) is 3.61. The fraction of sp³-hybridized carbons (Fsp3) is 0.0769. The Balaban J connectivity index is 2.89. The number of aliphatic carboxylic acids is 2. The van der Waals surface area contributed by atoms with Crippen molar-refractivity contribution in [2.75, 3.05) is 0 Å². The van der Waals surface area contributed by atoms with Gasteiger partial charge in [-0.1, -0.05) is 49.1 Å². The Labute approximate surface area is 98.5 Å². The lowest BCUT2D eigenvalue weighted by Gasteiger charge is -2.06. The zero-order valence-corrected chi connectivity index (χ0v) is 9.04. The summed E-state index contributed by atoms with van der Waals surface area (Å²) in [6.45, 7) is 3.26. The normalized spacial score (nSPS) is 12.2. The van der Waals surface area contributed by atoms with E-state index in [0.29, 0.717) is 0 Å². The Morgan fingerprint density at radius 3 is 2.24 bits per heavy atom. The molecular formula is C13H12O4. The van der Waals surface area contributed by atoms with E-state index in [2.05, 4.69) is 6.58 Å². The van der Waals surface area contributed by atoms with Crippen LogP contribution in [0.15, 0.2) is 48.6 Å². The maximum atomic E-state index is 10.9. The van der Waals surface area contributed by atoms with Gasteiger partial charge in [-0.15, -0.1) is 0 Å². The van der Waals surface area contributed by atoms with Gasteiger partial charge in [-0.3, -0.25) is 4.79 Å². The summed E-state index contributed by atoms with van der Waals surface area (Å²) >= 11 is 0. The smallest absolute Gasteiger partial charge is 0.332 e. The highest BCUT2D eigenvalue weighted by Crippen LogP contribution is 2.14. The molecule has 4 heteroatoms. The summed E-state index contributed by atoms with van der Waals surface area (Å²) in [7, 11) is 0. The van der Waals surface area contributed by atoms with Gasteiger partial charge in [0.15, 0.2) is 0 Å². The quantitative estimate of drug-likeness (QED) is 0.762. The highest BCUT2D eigenvalue weighted by atomic mass is 16.4. The van der Waals surface area contributed by atoms with Crippen LogP contribution in [0.3, 0.4) is 0 Å². The van der Waals surface area contributed by atoms with Crippen molar-refractivity contribution in [2.24, 2.45) is 5.92 Å². The summed E-state index contributed by atoms with van der Waals surface area (Å²) in [6.07, 6.45) is 2.88. The standard InChI is InChI=1S/C13H12O4/c1-9(12(14)15)11(13(16)17)8-7-10-5-3-2-4-6-10/h2-8,11H,1H2,(H,14,15)(H,16,17). The zero-order chi connectivity index (χ0) is 12.8. The highest BCUT2D eigenvalue weighted by molar-refractivity contribution is 5.94. The molecule has 0 saturated heterocycles. The average Bonchev–Trinajstić information content (AvgIpc) is 2.29. The van der Waals surface area contributed by atoms with Gasteiger partial charge in [-0.2, -0.15) is 0 Å². The molecule has 2 N–H and O–H groups in total. The molecule has 0 fully saturated rings. The monoisotopic (exact) mass is 232 g/mol. The predicted octanol–water partition coefficient (Wildman–Crippen LogP) is 2.04. The van der Waals surface area contributed by atoms with Gasteiger partial charge in [0, 0.05) is 5.57 Å². The molecule has 0 amide bonds. The van der Waals surface area contributed by atoms with Crippen LogP contribution in [0.5, 0.6) is 0 Å². The van der Waals surface area contributed by atoms with Gasteiger partial charge >= 0.3 is 11.9 Å². The number of carboxylic acids is 2. The van der Waals surface area contributed by atoms with Crippen molar-refractivity contribution in [1.82, 2.24) is 0 Å². The minimum absolute atomic E-state index is 0.357. The molecule has 17 heavy (non-hydrogen) atoms. The summed E-state index contributed by atoms with van der Waals surface area (Å²) < 4.78 is 0. The molecule has 0 aliphatic rings. The molecule has 1 aromatic rings. The van der Waals surface area contributed by atoms with Gasteiger partial charge in [0.2, 0.25) is 0 Å². The van der Waals surface area contributed by atoms with Gasteiger partial charge in [0.25, 0.3) is 0 Å². The summed E-state index contributed by atoms with van der Waals surface area (Å²) in [5.74, 6) is -3.76. The van der Waals surface area contributed by atoms with E-state index in [1.165, 1.54) is 6.08 Å².